The van der Waals surface area contributed by atoms with Crippen molar-refractivity contribution in [3.05, 3.63) is 249 Å². The van der Waals surface area contributed by atoms with Crippen LogP contribution < -0.4 is 0 Å². The van der Waals surface area contributed by atoms with Gasteiger partial charge in [-0.2, -0.15) is 0 Å². The van der Waals surface area contributed by atoms with Crippen LogP contribution in [-0.4, -0.2) is 24.1 Å². The van der Waals surface area contributed by atoms with Gasteiger partial charge in [0.05, 0.1) is 22.1 Å². The summed E-state index contributed by atoms with van der Waals surface area (Å²) in [5, 5.41) is 9.97. The van der Waals surface area contributed by atoms with Crippen molar-refractivity contribution in [2.24, 2.45) is 0 Å². The van der Waals surface area contributed by atoms with Gasteiger partial charge in [0.1, 0.15) is 0 Å². The van der Waals surface area contributed by atoms with E-state index >= 15 is 0 Å². The molecule has 354 valence electrons. The lowest BCUT2D eigenvalue weighted by atomic mass is 9.93. The minimum atomic E-state index is 0.617. The van der Waals surface area contributed by atoms with Gasteiger partial charge in [-0.1, -0.05) is 194 Å². The Bertz CT molecular complexity index is 4920. The number of rotatable bonds is 7. The highest BCUT2D eigenvalue weighted by molar-refractivity contribution is 7.27. The van der Waals surface area contributed by atoms with E-state index in [1.165, 1.54) is 89.5 Å². The molecule has 0 spiro atoms. The molecule has 0 N–H and O–H groups in total. The third kappa shape index (κ3) is 6.53. The summed E-state index contributed by atoms with van der Waals surface area (Å²) in [6.07, 6.45) is 0. The van der Waals surface area contributed by atoms with Gasteiger partial charge in [-0.3, -0.25) is 0 Å². The Balaban J connectivity index is 0.970. The van der Waals surface area contributed by atoms with Crippen molar-refractivity contribution in [3.8, 4) is 67.8 Å². The van der Waals surface area contributed by atoms with Crippen molar-refractivity contribution >= 4 is 107 Å². The first-order valence-corrected chi connectivity index (χ1v) is 27.2. The molecule has 0 amide bonds. The van der Waals surface area contributed by atoms with Gasteiger partial charge in [0.15, 0.2) is 17.5 Å². The molecule has 5 heterocycles. The van der Waals surface area contributed by atoms with Gasteiger partial charge in [0.2, 0.25) is 0 Å². The molecule has 0 aliphatic heterocycles. The average molecular weight is 1000 g/mol. The maximum absolute atomic E-state index is 5.42. The molecule has 0 fully saturated rings. The molecule has 0 unspecified atom stereocenters. The molecule has 0 aliphatic carbocycles. The van der Waals surface area contributed by atoms with Crippen LogP contribution in [0.3, 0.4) is 0 Å². The smallest absolute Gasteiger partial charge is 0.164 e. The van der Waals surface area contributed by atoms with Crippen LogP contribution in [0.4, 0.5) is 0 Å². The Kier molecular flexibility index (Phi) is 9.61. The number of para-hydroxylation sites is 4. The van der Waals surface area contributed by atoms with Gasteiger partial charge < -0.3 is 9.13 Å². The maximum atomic E-state index is 5.42. The third-order valence-electron chi connectivity index (χ3n) is 15.2. The Labute approximate surface area is 444 Å². The Morgan fingerprint density at radius 3 is 1.24 bits per heavy atom. The minimum absolute atomic E-state index is 0.617. The molecule has 0 bridgehead atoms. The van der Waals surface area contributed by atoms with E-state index in [0.29, 0.717) is 17.5 Å². The quantitative estimate of drug-likeness (QED) is 0.160. The van der Waals surface area contributed by atoms with Gasteiger partial charge in [-0.05, 0) is 71.3 Å². The van der Waals surface area contributed by atoms with E-state index in [0.717, 1.165) is 44.8 Å². The van der Waals surface area contributed by atoms with Gasteiger partial charge >= 0.3 is 0 Å². The predicted octanol–water partition coefficient (Wildman–Crippen LogP) is 19.1. The molecule has 16 rings (SSSR count). The molecular formula is C69H41N5S2. The van der Waals surface area contributed by atoms with Crippen molar-refractivity contribution in [1.82, 2.24) is 24.1 Å². The van der Waals surface area contributed by atoms with Crippen LogP contribution in [0.5, 0.6) is 0 Å². The largest absolute Gasteiger partial charge is 0.309 e. The Morgan fingerprint density at radius 1 is 0.276 bits per heavy atom. The molecule has 5 aromatic heterocycles. The number of hydrogen-bond acceptors (Lipinski definition) is 5. The summed E-state index contributed by atoms with van der Waals surface area (Å²) >= 11 is 3.72. The lowest BCUT2D eigenvalue weighted by Crippen LogP contribution is -2.01. The van der Waals surface area contributed by atoms with Crippen molar-refractivity contribution in [2.45, 2.75) is 0 Å². The number of benzene rings is 11. The fourth-order valence-corrected chi connectivity index (χ4v) is 14.3. The second-order valence-corrected chi connectivity index (χ2v) is 21.5. The number of nitrogens with zero attached hydrogens (tertiary/aromatic N) is 5. The van der Waals surface area contributed by atoms with E-state index in [2.05, 4.69) is 221 Å². The Hall–Kier alpha value is -9.53. The van der Waals surface area contributed by atoms with Crippen LogP contribution >= 0.6 is 22.7 Å². The van der Waals surface area contributed by atoms with Crippen molar-refractivity contribution in [3.63, 3.8) is 0 Å². The van der Waals surface area contributed by atoms with E-state index < -0.39 is 0 Å². The highest BCUT2D eigenvalue weighted by atomic mass is 32.1. The summed E-state index contributed by atoms with van der Waals surface area (Å²) in [5.41, 5.74) is 14.4. The molecule has 0 saturated heterocycles. The summed E-state index contributed by atoms with van der Waals surface area (Å²) in [5.74, 6) is 1.87. The SMILES string of the molecule is c1ccc(-c2nc(-c3ccccc3)nc(-c3cc(-c4cccc5c4sc4ccc6c7ccccc7n(-c7ccccc7)c6c45)ccc3-c3cccc4c3sc3ccc5c6ccccc6n(-c6ccccc6)c5c34)n2)cc1. The van der Waals surface area contributed by atoms with Gasteiger partial charge in [-0.25, -0.2) is 15.0 Å². The molecule has 7 heteroatoms. The van der Waals surface area contributed by atoms with Crippen molar-refractivity contribution in [1.29, 1.82) is 0 Å². The van der Waals surface area contributed by atoms with Crippen LogP contribution in [0.1, 0.15) is 0 Å². The maximum Gasteiger partial charge on any atom is 0.164 e. The average Bonchev–Trinajstić information content (AvgIpc) is 4.34. The molecule has 0 aliphatic rings. The van der Waals surface area contributed by atoms with E-state index in [1.807, 2.05) is 59.1 Å². The second kappa shape index (κ2) is 17.0. The topological polar surface area (TPSA) is 48.5 Å². The van der Waals surface area contributed by atoms with Crippen molar-refractivity contribution in [2.75, 3.05) is 0 Å². The van der Waals surface area contributed by atoms with Crippen LogP contribution in [0, 0.1) is 0 Å². The van der Waals surface area contributed by atoms with Gasteiger partial charge in [0.25, 0.3) is 0 Å². The fraction of sp³-hybridized carbons (Fsp3) is 0. The molecular weight excluding hydrogens is 963 g/mol. The zero-order valence-electron chi connectivity index (χ0n) is 40.7. The summed E-state index contributed by atoms with van der Waals surface area (Å²) in [7, 11) is 0. The van der Waals surface area contributed by atoms with Crippen LogP contribution in [0.2, 0.25) is 0 Å². The molecule has 0 atom stereocenters. The lowest BCUT2D eigenvalue weighted by molar-refractivity contribution is 1.07. The number of thiophene rings is 2. The third-order valence-corrected chi connectivity index (χ3v) is 17.6. The molecule has 0 radical (unpaired) electrons. The zero-order chi connectivity index (χ0) is 49.8. The summed E-state index contributed by atoms with van der Waals surface area (Å²) in [6, 6.07) is 89.5. The van der Waals surface area contributed by atoms with Crippen molar-refractivity contribution < 1.29 is 0 Å². The van der Waals surface area contributed by atoms with Gasteiger partial charge in [0, 0.05) is 95.5 Å². The number of fused-ring (bicyclic) bond motifs is 14. The first-order chi connectivity index (χ1) is 37.7. The van der Waals surface area contributed by atoms with Crippen LogP contribution in [-0.2, 0) is 0 Å². The minimum Gasteiger partial charge on any atom is -0.309 e. The highest BCUT2D eigenvalue weighted by Crippen LogP contribution is 2.50. The van der Waals surface area contributed by atoms with E-state index in [9.17, 15) is 0 Å². The molecule has 5 nitrogen and oxygen atoms in total. The molecule has 16 aromatic rings. The normalized spacial score (nSPS) is 11.9. The highest BCUT2D eigenvalue weighted by Gasteiger charge is 2.24. The predicted molar refractivity (Wildman–Crippen MR) is 321 cm³/mol. The molecule has 11 aromatic carbocycles. The van der Waals surface area contributed by atoms with Crippen LogP contribution in [0.25, 0.3) is 152 Å². The molecule has 0 saturated carbocycles. The lowest BCUT2D eigenvalue weighted by Gasteiger charge is -2.15. The first kappa shape index (κ1) is 42.9. The summed E-state index contributed by atoms with van der Waals surface area (Å²) in [4.78, 5) is 16.0. The van der Waals surface area contributed by atoms with E-state index in [1.54, 1.807) is 0 Å². The monoisotopic (exact) mass is 1000 g/mol. The van der Waals surface area contributed by atoms with E-state index in [4.69, 9.17) is 15.0 Å². The first-order valence-electron chi connectivity index (χ1n) is 25.6. The van der Waals surface area contributed by atoms with Crippen LogP contribution in [0.15, 0.2) is 249 Å². The summed E-state index contributed by atoms with van der Waals surface area (Å²) < 4.78 is 9.85. The fourth-order valence-electron chi connectivity index (χ4n) is 11.9. The van der Waals surface area contributed by atoms with Gasteiger partial charge in [-0.15, -0.1) is 22.7 Å². The Morgan fingerprint density at radius 2 is 0.711 bits per heavy atom. The van der Waals surface area contributed by atoms with E-state index in [-0.39, 0.29) is 0 Å². The standard InChI is InChI=1S/C69H41N5S2/c1-5-19-42(20-6-1)67-70-68(43-21-7-2-8-22-43)72-69(71-67)56-41-44(47-29-17-31-54-61-59(75-65(47)54)39-37-51-49-27-13-15-33-57(49)73(63(51)61)45-23-9-3-10-24-45)35-36-48(56)53-30-18-32-55-62-60(76-66(53)55)40-38-52-50-28-14-16-34-58(50)74(64(52)62)46-25-11-4-12-26-46/h1-41H. The zero-order valence-corrected chi connectivity index (χ0v) is 42.4. The summed E-state index contributed by atoms with van der Waals surface area (Å²) in [6.45, 7) is 0. The molecule has 76 heavy (non-hydrogen) atoms. The number of hydrogen-bond donors (Lipinski definition) is 0. The number of aromatic nitrogens is 5. The second-order valence-electron chi connectivity index (χ2n) is 19.4.